The van der Waals surface area contributed by atoms with Crippen molar-refractivity contribution in [3.05, 3.63) is 70.2 Å². The van der Waals surface area contributed by atoms with Crippen molar-refractivity contribution in [2.45, 2.75) is 20.0 Å². The van der Waals surface area contributed by atoms with Gasteiger partial charge in [-0.15, -0.1) is 0 Å². The van der Waals surface area contributed by atoms with Crippen LogP contribution in [0.25, 0.3) is 11.4 Å². The van der Waals surface area contributed by atoms with Crippen LogP contribution < -0.4 is 0 Å². The monoisotopic (exact) mass is 370 g/mol. The molecule has 134 valence electrons. The van der Waals surface area contributed by atoms with E-state index in [1.807, 2.05) is 31.2 Å². The van der Waals surface area contributed by atoms with Gasteiger partial charge in [0.05, 0.1) is 0 Å². The van der Waals surface area contributed by atoms with Crippen molar-refractivity contribution in [2.75, 3.05) is 7.05 Å². The SMILES string of the molecule is Cc1cccc(-c2n[nH]c(=S)n2CC(=O)N(C)Cc2ccccc2F)c1. The number of halogens is 1. The van der Waals surface area contributed by atoms with E-state index in [0.29, 0.717) is 16.2 Å². The Morgan fingerprint density at radius 2 is 2.04 bits per heavy atom. The first kappa shape index (κ1) is 18.0. The molecule has 0 bridgehead atoms. The summed E-state index contributed by atoms with van der Waals surface area (Å²) in [5, 5.41) is 7.00. The zero-order valence-electron chi connectivity index (χ0n) is 14.6. The summed E-state index contributed by atoms with van der Waals surface area (Å²) >= 11 is 5.28. The van der Waals surface area contributed by atoms with Gasteiger partial charge in [0.25, 0.3) is 0 Å². The van der Waals surface area contributed by atoms with E-state index in [4.69, 9.17) is 12.2 Å². The zero-order chi connectivity index (χ0) is 18.7. The van der Waals surface area contributed by atoms with Gasteiger partial charge in [0.1, 0.15) is 12.4 Å². The first-order valence-corrected chi connectivity index (χ1v) is 8.56. The van der Waals surface area contributed by atoms with E-state index in [1.165, 1.54) is 11.0 Å². The third-order valence-electron chi connectivity index (χ3n) is 4.12. The minimum Gasteiger partial charge on any atom is -0.340 e. The number of aryl methyl sites for hydroxylation is 1. The molecule has 0 saturated heterocycles. The minimum atomic E-state index is -0.326. The molecule has 0 saturated carbocycles. The van der Waals surface area contributed by atoms with Gasteiger partial charge in [-0.2, -0.15) is 5.10 Å². The quantitative estimate of drug-likeness (QED) is 0.697. The van der Waals surface area contributed by atoms with Gasteiger partial charge in [-0.05, 0) is 31.3 Å². The third kappa shape index (κ3) is 3.88. The van der Waals surface area contributed by atoms with Gasteiger partial charge in [0.2, 0.25) is 5.91 Å². The molecule has 5 nitrogen and oxygen atoms in total. The van der Waals surface area contributed by atoms with Crippen molar-refractivity contribution in [1.82, 2.24) is 19.7 Å². The molecular formula is C19H19FN4OS. The molecule has 0 aliphatic heterocycles. The minimum absolute atomic E-state index is 0.0313. The number of amides is 1. The number of rotatable bonds is 5. The Bertz CT molecular complexity index is 995. The summed E-state index contributed by atoms with van der Waals surface area (Å²) in [6, 6.07) is 14.2. The van der Waals surface area contributed by atoms with Gasteiger partial charge < -0.3 is 4.90 Å². The predicted octanol–water partition coefficient (Wildman–Crippen LogP) is 3.71. The van der Waals surface area contributed by atoms with Crippen molar-refractivity contribution in [1.29, 1.82) is 0 Å². The van der Waals surface area contributed by atoms with Crippen LogP contribution >= 0.6 is 12.2 Å². The number of hydrogen-bond donors (Lipinski definition) is 1. The highest BCUT2D eigenvalue weighted by Gasteiger charge is 2.16. The molecule has 7 heteroatoms. The normalized spacial score (nSPS) is 10.7. The lowest BCUT2D eigenvalue weighted by atomic mass is 10.1. The lowest BCUT2D eigenvalue weighted by molar-refractivity contribution is -0.131. The molecule has 0 spiro atoms. The summed E-state index contributed by atoms with van der Waals surface area (Å²) in [5.74, 6) is 0.0959. The van der Waals surface area contributed by atoms with Crippen LogP contribution in [0.4, 0.5) is 4.39 Å². The van der Waals surface area contributed by atoms with Crippen molar-refractivity contribution in [3.8, 4) is 11.4 Å². The maximum atomic E-state index is 13.8. The van der Waals surface area contributed by atoms with Crippen LogP contribution in [0.1, 0.15) is 11.1 Å². The molecule has 3 rings (SSSR count). The predicted molar refractivity (Wildman–Crippen MR) is 100 cm³/mol. The fraction of sp³-hybridized carbons (Fsp3) is 0.211. The number of nitrogens with one attached hydrogen (secondary N) is 1. The van der Waals surface area contributed by atoms with Crippen molar-refractivity contribution in [2.24, 2.45) is 0 Å². The second-order valence-electron chi connectivity index (χ2n) is 6.15. The molecule has 2 aromatic carbocycles. The van der Waals surface area contributed by atoms with Gasteiger partial charge in [0.15, 0.2) is 10.6 Å². The summed E-state index contributed by atoms with van der Waals surface area (Å²) in [7, 11) is 1.64. The molecule has 0 unspecified atom stereocenters. The smallest absolute Gasteiger partial charge is 0.242 e. The van der Waals surface area contributed by atoms with Gasteiger partial charge >= 0.3 is 0 Å². The van der Waals surface area contributed by atoms with Crippen LogP contribution in [0.2, 0.25) is 0 Å². The van der Waals surface area contributed by atoms with Crippen LogP contribution in [0.3, 0.4) is 0 Å². The third-order valence-corrected chi connectivity index (χ3v) is 4.43. The molecule has 1 aromatic heterocycles. The Morgan fingerprint density at radius 1 is 1.27 bits per heavy atom. The van der Waals surface area contributed by atoms with Crippen molar-refractivity contribution >= 4 is 18.1 Å². The average molecular weight is 370 g/mol. The molecule has 26 heavy (non-hydrogen) atoms. The zero-order valence-corrected chi connectivity index (χ0v) is 15.4. The highest BCUT2D eigenvalue weighted by Crippen LogP contribution is 2.19. The summed E-state index contributed by atoms with van der Waals surface area (Å²) in [6.45, 7) is 2.21. The van der Waals surface area contributed by atoms with Crippen LogP contribution in [0.5, 0.6) is 0 Å². The van der Waals surface area contributed by atoms with Crippen LogP contribution in [0.15, 0.2) is 48.5 Å². The van der Waals surface area contributed by atoms with Gasteiger partial charge in [-0.25, -0.2) is 4.39 Å². The molecule has 0 radical (unpaired) electrons. The van der Waals surface area contributed by atoms with Gasteiger partial charge in [0, 0.05) is 24.7 Å². The van der Waals surface area contributed by atoms with Crippen LogP contribution in [0, 0.1) is 17.5 Å². The van der Waals surface area contributed by atoms with E-state index < -0.39 is 0 Å². The number of hydrogen-bond acceptors (Lipinski definition) is 3. The maximum Gasteiger partial charge on any atom is 0.242 e. The second-order valence-corrected chi connectivity index (χ2v) is 6.54. The first-order valence-electron chi connectivity index (χ1n) is 8.15. The number of aromatic nitrogens is 3. The molecular weight excluding hydrogens is 351 g/mol. The van der Waals surface area contributed by atoms with E-state index in [2.05, 4.69) is 10.2 Å². The summed E-state index contributed by atoms with van der Waals surface area (Å²) in [6.07, 6.45) is 0. The Morgan fingerprint density at radius 3 is 2.77 bits per heavy atom. The largest absolute Gasteiger partial charge is 0.340 e. The second kappa shape index (κ2) is 7.61. The molecule has 0 atom stereocenters. The summed E-state index contributed by atoms with van der Waals surface area (Å²) in [4.78, 5) is 14.1. The lowest BCUT2D eigenvalue weighted by Crippen LogP contribution is -2.30. The molecule has 0 aliphatic rings. The summed E-state index contributed by atoms with van der Waals surface area (Å²) in [5.41, 5.74) is 2.44. The molecule has 1 amide bonds. The number of carbonyl (C=O) groups excluding carboxylic acids is 1. The number of carbonyl (C=O) groups is 1. The highest BCUT2D eigenvalue weighted by atomic mass is 32.1. The van der Waals surface area contributed by atoms with E-state index in [9.17, 15) is 9.18 Å². The molecule has 3 aromatic rings. The number of nitrogens with zero attached hydrogens (tertiary/aromatic N) is 3. The maximum absolute atomic E-state index is 13.8. The Hall–Kier alpha value is -2.80. The summed E-state index contributed by atoms with van der Waals surface area (Å²) < 4.78 is 15.8. The number of likely N-dealkylation sites (N-methyl/N-ethyl adjacent to an activating group) is 1. The number of aromatic amines is 1. The van der Waals surface area contributed by atoms with Crippen LogP contribution in [-0.4, -0.2) is 32.6 Å². The van der Waals surface area contributed by atoms with E-state index in [0.717, 1.165) is 11.1 Å². The van der Waals surface area contributed by atoms with Crippen molar-refractivity contribution in [3.63, 3.8) is 0 Å². The Labute approximate surface area is 156 Å². The molecule has 1 heterocycles. The van der Waals surface area contributed by atoms with Crippen molar-refractivity contribution < 1.29 is 9.18 Å². The molecule has 0 aliphatic carbocycles. The van der Waals surface area contributed by atoms with Gasteiger partial charge in [-0.3, -0.25) is 14.5 Å². The number of H-pyrrole nitrogens is 1. The molecule has 1 N–H and O–H groups in total. The fourth-order valence-electron chi connectivity index (χ4n) is 2.70. The fourth-order valence-corrected chi connectivity index (χ4v) is 2.89. The Kier molecular flexibility index (Phi) is 5.27. The molecule has 0 fully saturated rings. The highest BCUT2D eigenvalue weighted by molar-refractivity contribution is 7.71. The standard InChI is InChI=1S/C19H19FN4OS/c1-13-6-5-8-14(10-13)18-21-22-19(26)24(18)12-17(25)23(2)11-15-7-3-4-9-16(15)20/h3-10H,11-12H2,1-2H3,(H,22,26). The number of benzene rings is 2. The van der Waals surface area contributed by atoms with E-state index in [1.54, 1.807) is 29.8 Å². The lowest BCUT2D eigenvalue weighted by Gasteiger charge is -2.18. The first-order chi connectivity index (χ1) is 12.5. The van der Waals surface area contributed by atoms with E-state index in [-0.39, 0.29) is 24.8 Å². The van der Waals surface area contributed by atoms with Crippen LogP contribution in [-0.2, 0) is 17.9 Å². The average Bonchev–Trinajstić information content (AvgIpc) is 2.97. The topological polar surface area (TPSA) is 53.9 Å². The Balaban J connectivity index is 1.81. The van der Waals surface area contributed by atoms with Gasteiger partial charge in [-0.1, -0.05) is 42.0 Å². The van der Waals surface area contributed by atoms with E-state index >= 15 is 0 Å².